The van der Waals surface area contributed by atoms with Gasteiger partial charge in [0, 0.05) is 17.1 Å². The third-order valence-corrected chi connectivity index (χ3v) is 5.83. The van der Waals surface area contributed by atoms with Crippen molar-refractivity contribution in [2.24, 2.45) is 0 Å². The predicted molar refractivity (Wildman–Crippen MR) is 107 cm³/mol. The molecule has 0 bridgehead atoms. The summed E-state index contributed by atoms with van der Waals surface area (Å²) in [6.07, 6.45) is 6.22. The number of nitrogens with one attached hydrogen (secondary N) is 1. The van der Waals surface area contributed by atoms with E-state index in [1.807, 2.05) is 0 Å². The first-order chi connectivity index (χ1) is 14.0. The summed E-state index contributed by atoms with van der Waals surface area (Å²) >= 11 is 1.37. The number of amides is 1. The summed E-state index contributed by atoms with van der Waals surface area (Å²) in [7, 11) is 1.31. The number of ether oxygens (including phenoxy) is 2. The van der Waals surface area contributed by atoms with Crippen LogP contribution in [0, 0.1) is 0 Å². The quantitative estimate of drug-likeness (QED) is 0.569. The first-order valence-corrected chi connectivity index (χ1v) is 10.1. The number of carbonyl (C=O) groups excluding carboxylic acids is 3. The Bertz CT molecular complexity index is 978. The molecule has 0 atom stereocenters. The van der Waals surface area contributed by atoms with Gasteiger partial charge in [0.05, 0.1) is 12.7 Å². The molecule has 0 aromatic carbocycles. The molecule has 2 aromatic rings. The summed E-state index contributed by atoms with van der Waals surface area (Å²) in [5, 5.41) is 3.09. The van der Waals surface area contributed by atoms with Gasteiger partial charge in [0.25, 0.3) is 11.5 Å². The first kappa shape index (κ1) is 20.8. The Morgan fingerprint density at radius 3 is 2.72 bits per heavy atom. The molecule has 1 amide bonds. The van der Waals surface area contributed by atoms with E-state index in [1.54, 1.807) is 12.1 Å². The molecule has 0 saturated carbocycles. The number of esters is 2. The first-order valence-electron chi connectivity index (χ1n) is 9.33. The number of pyridine rings is 1. The fourth-order valence-corrected chi connectivity index (χ4v) is 4.53. The number of anilines is 1. The number of rotatable bonds is 6. The van der Waals surface area contributed by atoms with Crippen LogP contribution in [0.3, 0.4) is 0 Å². The maximum absolute atomic E-state index is 12.3. The molecule has 1 N–H and O–H groups in total. The number of carbonyl (C=O) groups is 3. The smallest absolute Gasteiger partial charge is 0.341 e. The Morgan fingerprint density at radius 2 is 1.97 bits per heavy atom. The molecule has 0 spiro atoms. The normalized spacial score (nSPS) is 13.1. The van der Waals surface area contributed by atoms with E-state index in [0.29, 0.717) is 10.6 Å². The van der Waals surface area contributed by atoms with Crippen LogP contribution < -0.4 is 10.9 Å². The molecular formula is C20H22N2O6S. The number of nitrogens with zero attached hydrogens (tertiary/aromatic N) is 1. The number of methoxy groups -OCH3 is 1. The summed E-state index contributed by atoms with van der Waals surface area (Å²) in [5.41, 5.74) is 0.997. The van der Waals surface area contributed by atoms with Crippen LogP contribution in [-0.2, 0) is 38.4 Å². The monoisotopic (exact) mass is 418 g/mol. The summed E-state index contributed by atoms with van der Waals surface area (Å²) in [4.78, 5) is 49.2. The van der Waals surface area contributed by atoms with Gasteiger partial charge in [0.1, 0.15) is 11.5 Å². The molecule has 8 nitrogen and oxygen atoms in total. The molecular weight excluding hydrogens is 396 g/mol. The highest BCUT2D eigenvalue weighted by Gasteiger charge is 2.26. The molecule has 3 rings (SSSR count). The minimum Gasteiger partial charge on any atom is -0.465 e. The molecule has 0 saturated heterocycles. The molecule has 9 heteroatoms. The van der Waals surface area contributed by atoms with E-state index in [1.165, 1.54) is 35.3 Å². The lowest BCUT2D eigenvalue weighted by Crippen LogP contribution is -2.27. The largest absolute Gasteiger partial charge is 0.465 e. The third kappa shape index (κ3) is 5.11. The van der Waals surface area contributed by atoms with Gasteiger partial charge >= 0.3 is 11.9 Å². The van der Waals surface area contributed by atoms with Gasteiger partial charge in [-0.3, -0.25) is 14.4 Å². The highest BCUT2D eigenvalue weighted by Crippen LogP contribution is 2.37. The van der Waals surface area contributed by atoms with Gasteiger partial charge in [0.15, 0.2) is 6.61 Å². The summed E-state index contributed by atoms with van der Waals surface area (Å²) in [5.74, 6) is -1.75. The lowest BCUT2D eigenvalue weighted by molar-refractivity contribution is -0.147. The van der Waals surface area contributed by atoms with E-state index in [2.05, 4.69) is 5.32 Å². The molecule has 0 radical (unpaired) electrons. The van der Waals surface area contributed by atoms with E-state index >= 15 is 0 Å². The van der Waals surface area contributed by atoms with Gasteiger partial charge in [-0.1, -0.05) is 12.5 Å². The minimum absolute atomic E-state index is 0.284. The second kappa shape index (κ2) is 9.51. The molecule has 154 valence electrons. The summed E-state index contributed by atoms with van der Waals surface area (Å²) in [6, 6.07) is 4.52. The molecule has 1 aliphatic rings. The fourth-order valence-electron chi connectivity index (χ4n) is 3.23. The zero-order valence-corrected chi connectivity index (χ0v) is 16.9. The Hall–Kier alpha value is -2.94. The van der Waals surface area contributed by atoms with Crippen molar-refractivity contribution in [1.29, 1.82) is 0 Å². The van der Waals surface area contributed by atoms with E-state index in [9.17, 15) is 19.2 Å². The van der Waals surface area contributed by atoms with Crippen molar-refractivity contribution < 1.29 is 23.9 Å². The van der Waals surface area contributed by atoms with Gasteiger partial charge < -0.3 is 19.4 Å². The Labute approximate surface area is 171 Å². The van der Waals surface area contributed by atoms with Crippen molar-refractivity contribution in [3.8, 4) is 0 Å². The zero-order valence-electron chi connectivity index (χ0n) is 16.1. The van der Waals surface area contributed by atoms with Gasteiger partial charge in [-0.05, 0) is 37.3 Å². The van der Waals surface area contributed by atoms with Crippen molar-refractivity contribution in [2.45, 2.75) is 38.6 Å². The average molecular weight is 418 g/mol. The van der Waals surface area contributed by atoms with Crippen LogP contribution in [0.4, 0.5) is 5.00 Å². The number of hydrogen-bond acceptors (Lipinski definition) is 7. The standard InChI is InChI=1S/C20H22N2O6S/c1-27-20(26)18-13-7-3-2-4-8-14(13)29-19(18)21-15(23)12-28-17(25)11-22-10-6-5-9-16(22)24/h5-6,9-10H,2-4,7-8,11-12H2,1H3,(H,21,23). The van der Waals surface area contributed by atoms with Crippen molar-refractivity contribution >= 4 is 34.2 Å². The van der Waals surface area contributed by atoms with Crippen molar-refractivity contribution in [1.82, 2.24) is 4.57 Å². The maximum atomic E-state index is 12.3. The second-order valence-corrected chi connectivity index (χ2v) is 7.74. The number of aryl methyl sites for hydroxylation is 1. The zero-order chi connectivity index (χ0) is 20.8. The molecule has 0 aliphatic heterocycles. The minimum atomic E-state index is -0.705. The van der Waals surface area contributed by atoms with Gasteiger partial charge in [0.2, 0.25) is 0 Å². The van der Waals surface area contributed by atoms with E-state index < -0.39 is 24.5 Å². The number of aromatic nitrogens is 1. The molecule has 0 unspecified atom stereocenters. The lowest BCUT2D eigenvalue weighted by atomic mass is 10.1. The van der Waals surface area contributed by atoms with Gasteiger partial charge in [-0.2, -0.15) is 0 Å². The highest BCUT2D eigenvalue weighted by atomic mass is 32.1. The summed E-state index contributed by atoms with van der Waals surface area (Å²) in [6.45, 7) is -0.794. The third-order valence-electron chi connectivity index (χ3n) is 4.63. The van der Waals surface area contributed by atoms with E-state index in [-0.39, 0.29) is 12.1 Å². The van der Waals surface area contributed by atoms with Crippen LogP contribution in [-0.4, -0.2) is 36.1 Å². The number of hydrogen-bond donors (Lipinski definition) is 1. The Kier molecular flexibility index (Phi) is 6.82. The molecule has 0 fully saturated rings. The SMILES string of the molecule is COC(=O)c1c(NC(=O)COC(=O)Cn2ccccc2=O)sc2c1CCCCC2. The van der Waals surface area contributed by atoms with E-state index in [0.717, 1.165) is 42.5 Å². The van der Waals surface area contributed by atoms with Crippen molar-refractivity contribution in [3.05, 3.63) is 50.8 Å². The number of thiophene rings is 1. The van der Waals surface area contributed by atoms with Crippen LogP contribution in [0.2, 0.25) is 0 Å². The van der Waals surface area contributed by atoms with Crippen LogP contribution in [0.1, 0.15) is 40.1 Å². The van der Waals surface area contributed by atoms with Crippen LogP contribution >= 0.6 is 11.3 Å². The van der Waals surface area contributed by atoms with Crippen LogP contribution in [0.5, 0.6) is 0 Å². The second-order valence-electron chi connectivity index (χ2n) is 6.64. The van der Waals surface area contributed by atoms with Crippen molar-refractivity contribution in [2.75, 3.05) is 19.0 Å². The molecule has 2 heterocycles. The topological polar surface area (TPSA) is 104 Å². The van der Waals surface area contributed by atoms with E-state index in [4.69, 9.17) is 9.47 Å². The summed E-state index contributed by atoms with van der Waals surface area (Å²) < 4.78 is 11.0. The van der Waals surface area contributed by atoms with Crippen LogP contribution in [0.25, 0.3) is 0 Å². The van der Waals surface area contributed by atoms with Crippen LogP contribution in [0.15, 0.2) is 29.2 Å². The molecule has 29 heavy (non-hydrogen) atoms. The highest BCUT2D eigenvalue weighted by molar-refractivity contribution is 7.17. The average Bonchev–Trinajstić information content (AvgIpc) is 2.88. The Balaban J connectivity index is 1.64. The molecule has 1 aliphatic carbocycles. The maximum Gasteiger partial charge on any atom is 0.341 e. The molecule has 2 aromatic heterocycles. The lowest BCUT2D eigenvalue weighted by Gasteiger charge is -2.09. The van der Waals surface area contributed by atoms with Gasteiger partial charge in [-0.25, -0.2) is 4.79 Å². The van der Waals surface area contributed by atoms with Crippen molar-refractivity contribution in [3.63, 3.8) is 0 Å². The fraction of sp³-hybridized carbons (Fsp3) is 0.400. The number of fused-ring (bicyclic) bond motifs is 1. The predicted octanol–water partition coefficient (Wildman–Crippen LogP) is 2.15. The Morgan fingerprint density at radius 1 is 1.17 bits per heavy atom. The van der Waals surface area contributed by atoms with Gasteiger partial charge in [-0.15, -0.1) is 11.3 Å².